The van der Waals surface area contributed by atoms with Crippen molar-refractivity contribution in [2.75, 3.05) is 13.7 Å². The van der Waals surface area contributed by atoms with Crippen molar-refractivity contribution in [2.45, 2.75) is 20.4 Å². The van der Waals surface area contributed by atoms with Crippen molar-refractivity contribution >= 4 is 16.9 Å². The standard InChI is InChI=1S/C21H21NO4/c1-4-26-21(24)18-19(23)16-12-14(2)10-11-17(16)22(20(18)25-3)13-15-8-6-5-7-9-15/h5-12H,4,13H2,1-3H3. The predicted octanol–water partition coefficient (Wildman–Crippen LogP) is 3.54. The molecule has 0 aliphatic carbocycles. The van der Waals surface area contributed by atoms with E-state index in [0.717, 1.165) is 11.1 Å². The molecule has 3 aromatic rings. The first-order chi connectivity index (χ1) is 12.6. The molecule has 5 heteroatoms. The number of carbonyl (C=O) groups excluding carboxylic acids is 1. The average Bonchev–Trinajstić information content (AvgIpc) is 2.64. The molecule has 1 aromatic heterocycles. The van der Waals surface area contributed by atoms with Crippen LogP contribution in [-0.2, 0) is 11.3 Å². The van der Waals surface area contributed by atoms with Crippen LogP contribution in [0.3, 0.4) is 0 Å². The molecule has 134 valence electrons. The fourth-order valence-corrected chi connectivity index (χ4v) is 3.06. The molecule has 26 heavy (non-hydrogen) atoms. The van der Waals surface area contributed by atoms with Crippen LogP contribution in [0.25, 0.3) is 10.9 Å². The Morgan fingerprint density at radius 1 is 1.12 bits per heavy atom. The first kappa shape index (κ1) is 17.7. The number of aryl methyl sites for hydroxylation is 1. The minimum atomic E-state index is -0.667. The molecule has 2 aromatic carbocycles. The predicted molar refractivity (Wildman–Crippen MR) is 101 cm³/mol. The van der Waals surface area contributed by atoms with E-state index >= 15 is 0 Å². The van der Waals surface area contributed by atoms with Gasteiger partial charge in [0.1, 0.15) is 0 Å². The minimum Gasteiger partial charge on any atom is -0.481 e. The Morgan fingerprint density at radius 3 is 2.50 bits per heavy atom. The van der Waals surface area contributed by atoms with Crippen molar-refractivity contribution < 1.29 is 14.3 Å². The van der Waals surface area contributed by atoms with Gasteiger partial charge in [0.25, 0.3) is 0 Å². The van der Waals surface area contributed by atoms with Gasteiger partial charge in [0.15, 0.2) is 5.56 Å². The zero-order valence-corrected chi connectivity index (χ0v) is 15.1. The molecule has 0 bridgehead atoms. The van der Waals surface area contributed by atoms with E-state index in [0.29, 0.717) is 17.4 Å². The van der Waals surface area contributed by atoms with Gasteiger partial charge in [0.2, 0.25) is 11.3 Å². The van der Waals surface area contributed by atoms with E-state index in [2.05, 4.69) is 0 Å². The summed E-state index contributed by atoms with van der Waals surface area (Å²) in [7, 11) is 1.46. The van der Waals surface area contributed by atoms with Gasteiger partial charge in [-0.2, -0.15) is 0 Å². The quantitative estimate of drug-likeness (QED) is 0.660. The lowest BCUT2D eigenvalue weighted by atomic mass is 10.1. The maximum absolute atomic E-state index is 13.0. The third-order valence-electron chi connectivity index (χ3n) is 4.23. The van der Waals surface area contributed by atoms with E-state index < -0.39 is 5.97 Å². The van der Waals surface area contributed by atoms with E-state index in [9.17, 15) is 9.59 Å². The van der Waals surface area contributed by atoms with Crippen LogP contribution in [0, 0.1) is 6.92 Å². The van der Waals surface area contributed by atoms with Crippen molar-refractivity contribution in [2.24, 2.45) is 0 Å². The van der Waals surface area contributed by atoms with Crippen LogP contribution >= 0.6 is 0 Å². The Kier molecular flexibility index (Phi) is 5.07. The number of fused-ring (bicyclic) bond motifs is 1. The lowest BCUT2D eigenvalue weighted by Crippen LogP contribution is -2.24. The summed E-state index contributed by atoms with van der Waals surface area (Å²) in [5.41, 5.74) is 2.26. The van der Waals surface area contributed by atoms with Gasteiger partial charge in [-0.15, -0.1) is 0 Å². The molecule has 0 saturated heterocycles. The molecule has 3 rings (SSSR count). The maximum Gasteiger partial charge on any atom is 0.347 e. The Bertz CT molecular complexity index is 1010. The number of hydrogen-bond acceptors (Lipinski definition) is 4. The topological polar surface area (TPSA) is 57.5 Å². The molecule has 0 aliphatic rings. The van der Waals surface area contributed by atoms with E-state index in [4.69, 9.17) is 9.47 Å². The monoisotopic (exact) mass is 351 g/mol. The zero-order chi connectivity index (χ0) is 18.7. The largest absolute Gasteiger partial charge is 0.481 e. The molecule has 0 N–H and O–H groups in total. The van der Waals surface area contributed by atoms with Gasteiger partial charge in [-0.1, -0.05) is 42.0 Å². The first-order valence-electron chi connectivity index (χ1n) is 8.49. The smallest absolute Gasteiger partial charge is 0.347 e. The molecular weight excluding hydrogens is 330 g/mol. The fraction of sp³-hybridized carbons (Fsp3) is 0.238. The van der Waals surface area contributed by atoms with Crippen LogP contribution in [0.5, 0.6) is 5.88 Å². The highest BCUT2D eigenvalue weighted by Gasteiger charge is 2.24. The summed E-state index contributed by atoms with van der Waals surface area (Å²) in [5.74, 6) is -0.451. The number of nitrogens with zero attached hydrogens (tertiary/aromatic N) is 1. The maximum atomic E-state index is 13.0. The number of benzene rings is 2. The highest BCUT2D eigenvalue weighted by atomic mass is 16.5. The first-order valence-corrected chi connectivity index (χ1v) is 8.49. The van der Waals surface area contributed by atoms with Gasteiger partial charge in [-0.05, 0) is 31.5 Å². The SMILES string of the molecule is CCOC(=O)c1c(OC)n(Cc2ccccc2)c2ccc(C)cc2c1=O. The lowest BCUT2D eigenvalue weighted by Gasteiger charge is -2.19. The number of ether oxygens (including phenoxy) is 2. The van der Waals surface area contributed by atoms with Gasteiger partial charge in [-0.25, -0.2) is 4.79 Å². The van der Waals surface area contributed by atoms with E-state index in [-0.39, 0.29) is 23.5 Å². The van der Waals surface area contributed by atoms with Crippen LogP contribution < -0.4 is 10.2 Å². The molecule has 0 atom stereocenters. The summed E-state index contributed by atoms with van der Waals surface area (Å²) in [6.07, 6.45) is 0. The van der Waals surface area contributed by atoms with Gasteiger partial charge in [0, 0.05) is 5.39 Å². The van der Waals surface area contributed by atoms with Crippen LogP contribution in [0.1, 0.15) is 28.4 Å². The summed E-state index contributed by atoms with van der Waals surface area (Å²) < 4.78 is 12.4. The Hall–Kier alpha value is -3.08. The van der Waals surface area contributed by atoms with Crippen LogP contribution in [0.2, 0.25) is 0 Å². The molecule has 0 fully saturated rings. The minimum absolute atomic E-state index is 0.0663. The molecule has 0 spiro atoms. The zero-order valence-electron chi connectivity index (χ0n) is 15.1. The molecule has 0 saturated carbocycles. The molecule has 1 heterocycles. The third kappa shape index (κ3) is 3.20. The van der Waals surface area contributed by atoms with Crippen LogP contribution in [0.4, 0.5) is 0 Å². The highest BCUT2D eigenvalue weighted by Crippen LogP contribution is 2.25. The van der Waals surface area contributed by atoms with Gasteiger partial charge < -0.3 is 14.0 Å². The number of hydrogen-bond donors (Lipinski definition) is 0. The lowest BCUT2D eigenvalue weighted by molar-refractivity contribution is 0.0519. The van der Waals surface area contributed by atoms with E-state index in [1.54, 1.807) is 13.0 Å². The number of rotatable bonds is 5. The van der Waals surface area contributed by atoms with Gasteiger partial charge in [-0.3, -0.25) is 4.79 Å². The van der Waals surface area contributed by atoms with Crippen molar-refractivity contribution in [3.63, 3.8) is 0 Å². The number of esters is 1. The third-order valence-corrected chi connectivity index (χ3v) is 4.23. The normalized spacial score (nSPS) is 10.7. The Morgan fingerprint density at radius 2 is 1.85 bits per heavy atom. The molecule has 5 nitrogen and oxygen atoms in total. The Labute approximate surface area is 151 Å². The van der Waals surface area contributed by atoms with Gasteiger partial charge >= 0.3 is 5.97 Å². The number of aromatic nitrogens is 1. The second-order valence-corrected chi connectivity index (χ2v) is 6.03. The Balaban J connectivity index is 2.34. The highest BCUT2D eigenvalue weighted by molar-refractivity contribution is 5.96. The molecule has 0 amide bonds. The summed E-state index contributed by atoms with van der Waals surface area (Å²) in [4.78, 5) is 25.5. The van der Waals surface area contributed by atoms with Crippen molar-refractivity contribution in [3.8, 4) is 5.88 Å². The molecular formula is C21H21NO4. The number of carbonyl (C=O) groups is 1. The van der Waals surface area contributed by atoms with Crippen LogP contribution in [0.15, 0.2) is 53.3 Å². The molecule has 0 radical (unpaired) electrons. The fourth-order valence-electron chi connectivity index (χ4n) is 3.06. The van der Waals surface area contributed by atoms with Crippen molar-refractivity contribution in [1.82, 2.24) is 4.57 Å². The van der Waals surface area contributed by atoms with Gasteiger partial charge in [0.05, 0.1) is 25.8 Å². The second-order valence-electron chi connectivity index (χ2n) is 6.03. The summed E-state index contributed by atoms with van der Waals surface area (Å²) >= 11 is 0. The van der Waals surface area contributed by atoms with Crippen LogP contribution in [-0.4, -0.2) is 24.3 Å². The van der Waals surface area contributed by atoms with Crippen molar-refractivity contribution in [1.29, 1.82) is 0 Å². The van der Waals surface area contributed by atoms with E-state index in [1.165, 1.54) is 7.11 Å². The second kappa shape index (κ2) is 7.44. The summed E-state index contributed by atoms with van der Waals surface area (Å²) in [6, 6.07) is 15.4. The van der Waals surface area contributed by atoms with E-state index in [1.807, 2.05) is 54.0 Å². The summed E-state index contributed by atoms with van der Waals surface area (Å²) in [5, 5.41) is 0.477. The van der Waals surface area contributed by atoms with Crippen molar-refractivity contribution in [3.05, 3.63) is 75.4 Å². The molecule has 0 aliphatic heterocycles. The number of methoxy groups -OCH3 is 1. The molecule has 0 unspecified atom stereocenters. The average molecular weight is 351 g/mol. The summed E-state index contributed by atoms with van der Waals surface area (Å²) in [6.45, 7) is 4.27. The number of pyridine rings is 1.